The maximum atomic E-state index is 6.02. The van der Waals surface area contributed by atoms with Gasteiger partial charge in [-0.15, -0.1) is 10.2 Å². The van der Waals surface area contributed by atoms with E-state index in [-0.39, 0.29) is 0 Å². The summed E-state index contributed by atoms with van der Waals surface area (Å²) < 4.78 is 9.11. The standard InChI is InChI=1S/C18H16ClN5OS/c1-23-17(12-3-6-15(25-2)7-4-12)21-22-18(23)26-11-14-10-24-9-13(19)5-8-16(24)20-14/h3-10H,11H2,1-2H3. The van der Waals surface area contributed by atoms with Gasteiger partial charge >= 0.3 is 0 Å². The number of rotatable bonds is 5. The number of imidazole rings is 1. The Labute approximate surface area is 159 Å². The van der Waals surface area contributed by atoms with Crippen LogP contribution >= 0.6 is 23.4 Å². The first-order valence-electron chi connectivity index (χ1n) is 7.94. The van der Waals surface area contributed by atoms with Crippen LogP contribution in [0.3, 0.4) is 0 Å². The van der Waals surface area contributed by atoms with E-state index in [1.54, 1.807) is 18.9 Å². The van der Waals surface area contributed by atoms with Gasteiger partial charge in [0.25, 0.3) is 0 Å². The molecule has 26 heavy (non-hydrogen) atoms. The number of methoxy groups -OCH3 is 1. The number of ether oxygens (including phenoxy) is 1. The quantitative estimate of drug-likeness (QED) is 0.484. The molecule has 0 saturated heterocycles. The van der Waals surface area contributed by atoms with Gasteiger partial charge in [0, 0.05) is 30.8 Å². The van der Waals surface area contributed by atoms with Crippen LogP contribution in [0.25, 0.3) is 17.0 Å². The molecule has 6 nitrogen and oxygen atoms in total. The Bertz CT molecular complexity index is 1060. The fourth-order valence-corrected chi connectivity index (χ4v) is 3.62. The molecule has 0 spiro atoms. The van der Waals surface area contributed by atoms with Crippen molar-refractivity contribution in [3.8, 4) is 17.1 Å². The van der Waals surface area contributed by atoms with Crippen LogP contribution < -0.4 is 4.74 Å². The zero-order valence-electron chi connectivity index (χ0n) is 14.3. The number of aromatic nitrogens is 5. The molecule has 0 amide bonds. The highest BCUT2D eigenvalue weighted by Crippen LogP contribution is 2.26. The minimum Gasteiger partial charge on any atom is -0.497 e. The molecule has 0 aliphatic heterocycles. The van der Waals surface area contributed by atoms with Crippen molar-refractivity contribution in [3.05, 3.63) is 59.5 Å². The van der Waals surface area contributed by atoms with Crippen molar-refractivity contribution in [1.82, 2.24) is 24.1 Å². The van der Waals surface area contributed by atoms with Crippen LogP contribution in [0, 0.1) is 0 Å². The van der Waals surface area contributed by atoms with Crippen molar-refractivity contribution < 1.29 is 4.74 Å². The Morgan fingerprint density at radius 2 is 1.88 bits per heavy atom. The Kier molecular flexibility index (Phi) is 4.57. The first-order chi connectivity index (χ1) is 12.6. The van der Waals surface area contributed by atoms with Crippen LogP contribution in [-0.4, -0.2) is 31.3 Å². The normalized spacial score (nSPS) is 11.2. The van der Waals surface area contributed by atoms with Crippen LogP contribution in [0.5, 0.6) is 5.75 Å². The molecule has 0 fully saturated rings. The minimum atomic E-state index is 0.687. The third-order valence-corrected chi connectivity index (χ3v) is 5.27. The first-order valence-corrected chi connectivity index (χ1v) is 9.30. The van der Waals surface area contributed by atoms with Crippen molar-refractivity contribution in [3.63, 3.8) is 0 Å². The van der Waals surface area contributed by atoms with E-state index in [9.17, 15) is 0 Å². The number of pyridine rings is 1. The van der Waals surface area contributed by atoms with Gasteiger partial charge in [0.2, 0.25) is 0 Å². The highest BCUT2D eigenvalue weighted by molar-refractivity contribution is 7.98. The Hall–Kier alpha value is -2.51. The topological polar surface area (TPSA) is 57.2 Å². The van der Waals surface area contributed by atoms with Gasteiger partial charge in [0.05, 0.1) is 17.8 Å². The van der Waals surface area contributed by atoms with E-state index < -0.39 is 0 Å². The molecule has 0 saturated carbocycles. The molecule has 0 N–H and O–H groups in total. The average molecular weight is 386 g/mol. The van der Waals surface area contributed by atoms with Crippen molar-refractivity contribution >= 4 is 29.0 Å². The van der Waals surface area contributed by atoms with Crippen molar-refractivity contribution in [2.45, 2.75) is 10.9 Å². The molecule has 0 unspecified atom stereocenters. The second-order valence-corrected chi connectivity index (χ2v) is 7.11. The summed E-state index contributed by atoms with van der Waals surface area (Å²) >= 11 is 7.62. The maximum Gasteiger partial charge on any atom is 0.191 e. The fraction of sp³-hybridized carbons (Fsp3) is 0.167. The SMILES string of the molecule is COc1ccc(-c2nnc(SCc3cn4cc(Cl)ccc4n3)n2C)cc1. The highest BCUT2D eigenvalue weighted by Gasteiger charge is 2.12. The second kappa shape index (κ2) is 7.01. The molecule has 0 atom stereocenters. The summed E-state index contributed by atoms with van der Waals surface area (Å²) in [5.74, 6) is 2.34. The van der Waals surface area contributed by atoms with E-state index in [0.717, 1.165) is 33.6 Å². The summed E-state index contributed by atoms with van der Waals surface area (Å²) in [6.07, 6.45) is 3.83. The molecule has 0 aliphatic carbocycles. The third-order valence-electron chi connectivity index (χ3n) is 4.00. The molecule has 0 bridgehead atoms. The van der Waals surface area contributed by atoms with Crippen LogP contribution in [0.1, 0.15) is 5.69 Å². The summed E-state index contributed by atoms with van der Waals surface area (Å²) in [5, 5.41) is 10.1. The first kappa shape index (κ1) is 16.9. The van der Waals surface area contributed by atoms with Crippen LogP contribution in [-0.2, 0) is 12.8 Å². The summed E-state index contributed by atoms with van der Waals surface area (Å²) in [7, 11) is 3.62. The zero-order valence-corrected chi connectivity index (χ0v) is 15.8. The van der Waals surface area contributed by atoms with E-state index >= 15 is 0 Å². The van der Waals surface area contributed by atoms with Gasteiger partial charge < -0.3 is 13.7 Å². The largest absolute Gasteiger partial charge is 0.497 e. The fourth-order valence-electron chi connectivity index (χ4n) is 2.66. The van der Waals surface area contributed by atoms with Crippen molar-refractivity contribution in [2.75, 3.05) is 7.11 Å². The van der Waals surface area contributed by atoms with Gasteiger partial charge in [-0.1, -0.05) is 23.4 Å². The second-order valence-electron chi connectivity index (χ2n) is 5.73. The average Bonchev–Trinajstić information content (AvgIpc) is 3.22. The molecule has 4 aromatic rings. The number of thioether (sulfide) groups is 1. The van der Waals surface area contributed by atoms with Gasteiger partial charge in [-0.05, 0) is 36.4 Å². The van der Waals surface area contributed by atoms with E-state index in [4.69, 9.17) is 16.3 Å². The number of nitrogens with zero attached hydrogens (tertiary/aromatic N) is 5. The van der Waals surface area contributed by atoms with Crippen LogP contribution in [0.15, 0.2) is 53.9 Å². The van der Waals surface area contributed by atoms with Crippen LogP contribution in [0.2, 0.25) is 5.02 Å². The smallest absolute Gasteiger partial charge is 0.191 e. The third kappa shape index (κ3) is 3.27. The monoisotopic (exact) mass is 385 g/mol. The van der Waals surface area contributed by atoms with E-state index in [0.29, 0.717) is 10.8 Å². The Morgan fingerprint density at radius 1 is 1.08 bits per heavy atom. The van der Waals surface area contributed by atoms with Gasteiger partial charge in [-0.3, -0.25) is 0 Å². The summed E-state index contributed by atoms with van der Waals surface area (Å²) in [6.45, 7) is 0. The molecule has 8 heteroatoms. The predicted molar refractivity (Wildman–Crippen MR) is 103 cm³/mol. The van der Waals surface area contributed by atoms with Crippen molar-refractivity contribution in [1.29, 1.82) is 0 Å². The number of benzene rings is 1. The molecule has 3 aromatic heterocycles. The van der Waals surface area contributed by atoms with Crippen molar-refractivity contribution in [2.24, 2.45) is 7.05 Å². The molecule has 1 aromatic carbocycles. The Morgan fingerprint density at radius 3 is 2.65 bits per heavy atom. The number of fused-ring (bicyclic) bond motifs is 1. The molecule has 132 valence electrons. The molecular formula is C18H16ClN5OS. The number of halogens is 1. The highest BCUT2D eigenvalue weighted by atomic mass is 35.5. The lowest BCUT2D eigenvalue weighted by Crippen LogP contribution is -1.95. The molecule has 3 heterocycles. The lowest BCUT2D eigenvalue weighted by atomic mass is 10.2. The number of hydrogen-bond acceptors (Lipinski definition) is 5. The Balaban J connectivity index is 1.52. The van der Waals surface area contributed by atoms with Gasteiger partial charge in [-0.25, -0.2) is 4.98 Å². The maximum absolute atomic E-state index is 6.02. The predicted octanol–water partition coefficient (Wildman–Crippen LogP) is 4.08. The lowest BCUT2D eigenvalue weighted by Gasteiger charge is -2.04. The van der Waals surface area contributed by atoms with Gasteiger partial charge in [0.15, 0.2) is 11.0 Å². The summed E-state index contributed by atoms with van der Waals surface area (Å²) in [5.41, 5.74) is 2.84. The van der Waals surface area contributed by atoms with E-state index in [1.807, 2.05) is 64.8 Å². The molecular weight excluding hydrogens is 370 g/mol. The lowest BCUT2D eigenvalue weighted by molar-refractivity contribution is 0.415. The summed E-state index contributed by atoms with van der Waals surface area (Å²) in [6, 6.07) is 11.5. The summed E-state index contributed by atoms with van der Waals surface area (Å²) in [4.78, 5) is 4.59. The molecule has 4 rings (SSSR count). The molecule has 0 radical (unpaired) electrons. The van der Waals surface area contributed by atoms with Gasteiger partial charge in [0.1, 0.15) is 11.4 Å². The zero-order chi connectivity index (χ0) is 18.1. The minimum absolute atomic E-state index is 0.687. The molecule has 0 aliphatic rings. The van der Waals surface area contributed by atoms with E-state index in [2.05, 4.69) is 15.2 Å². The number of hydrogen-bond donors (Lipinski definition) is 0. The van der Waals surface area contributed by atoms with Gasteiger partial charge in [-0.2, -0.15) is 0 Å². The van der Waals surface area contributed by atoms with Crippen LogP contribution in [0.4, 0.5) is 0 Å². The van der Waals surface area contributed by atoms with E-state index in [1.165, 1.54) is 0 Å².